The van der Waals surface area contributed by atoms with Crippen molar-refractivity contribution in [1.82, 2.24) is 0 Å². The molecule has 1 aromatic carbocycles. The predicted molar refractivity (Wildman–Crippen MR) is 73.2 cm³/mol. The van der Waals surface area contributed by atoms with Gasteiger partial charge in [0.25, 0.3) is 0 Å². The average Bonchev–Trinajstić information content (AvgIpc) is 2.34. The molecule has 18 heavy (non-hydrogen) atoms. The van der Waals surface area contributed by atoms with Crippen LogP contribution in [0.4, 0.5) is 10.1 Å². The molecular weight excluding hydrogens is 231 g/mol. The summed E-state index contributed by atoms with van der Waals surface area (Å²) in [5.41, 5.74) is 5.55. The average molecular weight is 254 g/mol. The zero-order chi connectivity index (χ0) is 13.6. The predicted octanol–water partition coefficient (Wildman–Crippen LogP) is 2.14. The molecule has 0 aromatic heterocycles. The fraction of sp³-hybridized carbons (Fsp3) is 0.571. The fourth-order valence-electron chi connectivity index (χ4n) is 1.90. The molecule has 1 atom stereocenters. The molecule has 3 N–H and O–H groups in total. The molecule has 0 radical (unpaired) electrons. The zero-order valence-corrected chi connectivity index (χ0v) is 11.2. The van der Waals surface area contributed by atoms with Crippen LogP contribution in [0.5, 0.6) is 0 Å². The first-order chi connectivity index (χ1) is 8.48. The van der Waals surface area contributed by atoms with Gasteiger partial charge in [-0.2, -0.15) is 0 Å². The number of anilines is 1. The van der Waals surface area contributed by atoms with Crippen molar-refractivity contribution in [3.05, 3.63) is 30.1 Å². The molecule has 0 saturated heterocycles. The molecule has 0 bridgehead atoms. The van der Waals surface area contributed by atoms with Crippen LogP contribution in [0.3, 0.4) is 0 Å². The monoisotopic (exact) mass is 254 g/mol. The van der Waals surface area contributed by atoms with Gasteiger partial charge in [0.1, 0.15) is 5.82 Å². The number of nitrogens with zero attached hydrogens (tertiary/aromatic N) is 1. The normalized spacial score (nSPS) is 14.3. The van der Waals surface area contributed by atoms with E-state index in [1.807, 2.05) is 13.0 Å². The molecule has 0 aliphatic carbocycles. The van der Waals surface area contributed by atoms with Crippen LogP contribution < -0.4 is 10.6 Å². The maximum absolute atomic E-state index is 13.1. The first kappa shape index (κ1) is 14.9. The van der Waals surface area contributed by atoms with Crippen LogP contribution >= 0.6 is 0 Å². The minimum Gasteiger partial charge on any atom is -0.389 e. The highest BCUT2D eigenvalue weighted by Gasteiger charge is 2.17. The lowest BCUT2D eigenvalue weighted by Gasteiger charge is -2.26. The second-order valence-electron chi connectivity index (χ2n) is 4.86. The molecule has 0 fully saturated rings. The van der Waals surface area contributed by atoms with Gasteiger partial charge in [-0.05, 0) is 44.9 Å². The van der Waals surface area contributed by atoms with Gasteiger partial charge in [0.15, 0.2) is 0 Å². The Kier molecular flexibility index (Phi) is 5.56. The fourth-order valence-corrected chi connectivity index (χ4v) is 1.90. The van der Waals surface area contributed by atoms with Crippen LogP contribution in [0.1, 0.15) is 26.7 Å². The summed E-state index contributed by atoms with van der Waals surface area (Å²) in [5.74, 6) is -0.222. The van der Waals surface area contributed by atoms with Crippen LogP contribution in [0.15, 0.2) is 24.3 Å². The minimum absolute atomic E-state index is 0.222. The third-order valence-corrected chi connectivity index (χ3v) is 3.14. The van der Waals surface area contributed by atoms with E-state index in [1.165, 1.54) is 12.1 Å². The molecule has 4 heteroatoms. The Labute approximate surface area is 108 Å². The van der Waals surface area contributed by atoms with E-state index in [9.17, 15) is 9.50 Å². The van der Waals surface area contributed by atoms with Crippen molar-refractivity contribution >= 4 is 5.69 Å². The molecular formula is C14H23FN2O. The molecule has 0 spiro atoms. The van der Waals surface area contributed by atoms with Crippen LogP contribution in [0, 0.1) is 5.82 Å². The van der Waals surface area contributed by atoms with Crippen LogP contribution in [-0.2, 0) is 0 Å². The summed E-state index contributed by atoms with van der Waals surface area (Å²) in [6, 6.07) is 6.58. The maximum atomic E-state index is 13.1. The number of nitrogens with two attached hydrogens (primary N) is 1. The zero-order valence-electron chi connectivity index (χ0n) is 11.2. The topological polar surface area (TPSA) is 49.5 Å². The van der Waals surface area contributed by atoms with Gasteiger partial charge in [0.05, 0.1) is 5.60 Å². The molecule has 0 heterocycles. The second-order valence-corrected chi connectivity index (χ2v) is 4.86. The van der Waals surface area contributed by atoms with Crippen molar-refractivity contribution in [1.29, 1.82) is 0 Å². The molecule has 1 aromatic rings. The minimum atomic E-state index is -0.804. The Balaban J connectivity index is 2.53. The van der Waals surface area contributed by atoms with E-state index in [0.717, 1.165) is 25.2 Å². The lowest BCUT2D eigenvalue weighted by molar-refractivity contribution is 0.0584. The lowest BCUT2D eigenvalue weighted by Crippen LogP contribution is -2.35. The standard InChI is InChI=1S/C14H23FN2O/c1-3-17(9-5-8-14(2,18)11-16)13-7-4-6-12(15)10-13/h4,6-7,10,18H,3,5,8-9,11,16H2,1-2H3. The van der Waals surface area contributed by atoms with Gasteiger partial charge in [0, 0.05) is 25.3 Å². The van der Waals surface area contributed by atoms with E-state index in [0.29, 0.717) is 6.42 Å². The van der Waals surface area contributed by atoms with Crippen molar-refractivity contribution in [2.75, 3.05) is 24.5 Å². The van der Waals surface area contributed by atoms with Crippen LogP contribution in [0.2, 0.25) is 0 Å². The van der Waals surface area contributed by atoms with Crippen molar-refractivity contribution in [2.24, 2.45) is 5.73 Å². The summed E-state index contributed by atoms with van der Waals surface area (Å²) in [5, 5.41) is 9.82. The largest absolute Gasteiger partial charge is 0.389 e. The molecule has 0 aliphatic heterocycles. The highest BCUT2D eigenvalue weighted by atomic mass is 19.1. The third-order valence-electron chi connectivity index (χ3n) is 3.14. The second kappa shape index (κ2) is 6.71. The molecule has 0 aliphatic rings. The van der Waals surface area contributed by atoms with Gasteiger partial charge < -0.3 is 15.7 Å². The van der Waals surface area contributed by atoms with Crippen molar-refractivity contribution in [3.63, 3.8) is 0 Å². The first-order valence-corrected chi connectivity index (χ1v) is 6.41. The molecule has 0 saturated carbocycles. The van der Waals surface area contributed by atoms with Gasteiger partial charge in [0.2, 0.25) is 0 Å². The Morgan fingerprint density at radius 3 is 2.72 bits per heavy atom. The number of hydrogen-bond donors (Lipinski definition) is 2. The first-order valence-electron chi connectivity index (χ1n) is 6.41. The van der Waals surface area contributed by atoms with Gasteiger partial charge in [-0.3, -0.25) is 0 Å². The maximum Gasteiger partial charge on any atom is 0.125 e. The van der Waals surface area contributed by atoms with E-state index >= 15 is 0 Å². The van der Waals surface area contributed by atoms with Crippen LogP contribution in [0.25, 0.3) is 0 Å². The summed E-state index contributed by atoms with van der Waals surface area (Å²) in [7, 11) is 0. The van der Waals surface area contributed by atoms with E-state index in [1.54, 1.807) is 13.0 Å². The van der Waals surface area contributed by atoms with Crippen LogP contribution in [-0.4, -0.2) is 30.3 Å². The van der Waals surface area contributed by atoms with Gasteiger partial charge >= 0.3 is 0 Å². The lowest BCUT2D eigenvalue weighted by atomic mass is 10.0. The molecule has 1 rings (SSSR count). The SMILES string of the molecule is CCN(CCCC(C)(O)CN)c1cccc(F)c1. The van der Waals surface area contributed by atoms with E-state index in [-0.39, 0.29) is 12.4 Å². The number of benzene rings is 1. The Bertz CT molecular complexity index is 369. The Morgan fingerprint density at radius 1 is 1.44 bits per heavy atom. The van der Waals surface area contributed by atoms with E-state index in [2.05, 4.69) is 4.90 Å². The summed E-state index contributed by atoms with van der Waals surface area (Å²) in [4.78, 5) is 2.09. The summed E-state index contributed by atoms with van der Waals surface area (Å²) >= 11 is 0. The summed E-state index contributed by atoms with van der Waals surface area (Å²) in [6.07, 6.45) is 1.48. The smallest absolute Gasteiger partial charge is 0.125 e. The van der Waals surface area contributed by atoms with Gasteiger partial charge in [-0.25, -0.2) is 4.39 Å². The number of hydrogen-bond acceptors (Lipinski definition) is 3. The number of rotatable bonds is 7. The highest BCUT2D eigenvalue weighted by Crippen LogP contribution is 2.17. The molecule has 3 nitrogen and oxygen atoms in total. The summed E-state index contributed by atoms with van der Waals surface area (Å²) < 4.78 is 13.1. The Morgan fingerprint density at radius 2 is 2.17 bits per heavy atom. The van der Waals surface area contributed by atoms with Gasteiger partial charge in [-0.15, -0.1) is 0 Å². The molecule has 0 amide bonds. The van der Waals surface area contributed by atoms with Crippen molar-refractivity contribution in [3.8, 4) is 0 Å². The van der Waals surface area contributed by atoms with Crippen molar-refractivity contribution in [2.45, 2.75) is 32.3 Å². The molecule has 1 unspecified atom stereocenters. The van der Waals surface area contributed by atoms with Crippen molar-refractivity contribution < 1.29 is 9.50 Å². The third kappa shape index (κ3) is 4.63. The number of halogens is 1. The van der Waals surface area contributed by atoms with E-state index in [4.69, 9.17) is 5.73 Å². The number of aliphatic hydroxyl groups is 1. The Hall–Kier alpha value is -1.13. The molecule has 102 valence electrons. The van der Waals surface area contributed by atoms with Gasteiger partial charge in [-0.1, -0.05) is 6.07 Å². The quantitative estimate of drug-likeness (QED) is 0.784. The van der Waals surface area contributed by atoms with E-state index < -0.39 is 5.60 Å². The highest BCUT2D eigenvalue weighted by molar-refractivity contribution is 5.46. The summed E-state index contributed by atoms with van der Waals surface area (Å²) in [6.45, 7) is 5.64.